The van der Waals surface area contributed by atoms with Gasteiger partial charge >= 0.3 is 11.9 Å². The van der Waals surface area contributed by atoms with Gasteiger partial charge in [-0.1, -0.05) is 20.8 Å². The van der Waals surface area contributed by atoms with Crippen LogP contribution in [-0.4, -0.2) is 57.3 Å². The summed E-state index contributed by atoms with van der Waals surface area (Å²) < 4.78 is 18.8. The number of esters is 2. The van der Waals surface area contributed by atoms with Crippen molar-refractivity contribution < 1.29 is 23.8 Å². The standard InChI is InChI=1S/C19H28N6O5/c1-9(2)6-13(27)28-7-12-15(29-11(4)26)10(3)18(30-12)25-8-22-14-16(21-5)23-19(20)24-17(14)25/h8-10,12,15,18H,6-7H2,1-5H3,(H3,20,21,23,24)/t10-,12+,15-,18+/m0/s1. The van der Waals surface area contributed by atoms with Gasteiger partial charge in [0.25, 0.3) is 0 Å². The molecule has 0 radical (unpaired) electrons. The zero-order valence-electron chi connectivity index (χ0n) is 17.8. The van der Waals surface area contributed by atoms with Crippen LogP contribution in [0.2, 0.25) is 0 Å². The van der Waals surface area contributed by atoms with Crippen molar-refractivity contribution in [1.82, 2.24) is 19.5 Å². The van der Waals surface area contributed by atoms with E-state index in [0.717, 1.165) is 0 Å². The number of anilines is 2. The second-order valence-corrected chi connectivity index (χ2v) is 7.78. The predicted molar refractivity (Wildman–Crippen MR) is 108 cm³/mol. The summed E-state index contributed by atoms with van der Waals surface area (Å²) in [5.41, 5.74) is 6.86. The van der Waals surface area contributed by atoms with Crippen molar-refractivity contribution in [1.29, 1.82) is 0 Å². The van der Waals surface area contributed by atoms with Crippen LogP contribution < -0.4 is 11.1 Å². The Morgan fingerprint density at radius 1 is 1.37 bits per heavy atom. The summed E-state index contributed by atoms with van der Waals surface area (Å²) in [6.45, 7) is 7.08. The lowest BCUT2D eigenvalue weighted by Crippen LogP contribution is -2.34. The van der Waals surface area contributed by atoms with Crippen LogP contribution in [0.1, 0.15) is 40.3 Å². The molecule has 11 nitrogen and oxygen atoms in total. The molecule has 1 aliphatic heterocycles. The Morgan fingerprint density at radius 2 is 2.10 bits per heavy atom. The maximum absolute atomic E-state index is 12.0. The lowest BCUT2D eigenvalue weighted by molar-refractivity contribution is -0.157. The summed E-state index contributed by atoms with van der Waals surface area (Å²) in [5, 5.41) is 2.94. The number of carbonyl (C=O) groups is 2. The van der Waals surface area contributed by atoms with Crippen LogP contribution in [-0.2, 0) is 23.8 Å². The van der Waals surface area contributed by atoms with E-state index in [1.165, 1.54) is 6.92 Å². The van der Waals surface area contributed by atoms with Crippen LogP contribution in [0.25, 0.3) is 11.2 Å². The predicted octanol–water partition coefficient (Wildman–Crippen LogP) is 1.50. The Balaban J connectivity index is 1.87. The molecule has 4 atom stereocenters. The topological polar surface area (TPSA) is 143 Å². The van der Waals surface area contributed by atoms with Crippen LogP contribution in [0.15, 0.2) is 6.33 Å². The van der Waals surface area contributed by atoms with Gasteiger partial charge in [-0.25, -0.2) is 4.98 Å². The van der Waals surface area contributed by atoms with Crippen LogP contribution in [0, 0.1) is 11.8 Å². The number of aromatic nitrogens is 4. The van der Waals surface area contributed by atoms with Gasteiger partial charge in [0, 0.05) is 26.3 Å². The first-order valence-corrected chi connectivity index (χ1v) is 9.87. The summed E-state index contributed by atoms with van der Waals surface area (Å²) in [4.78, 5) is 36.4. The number of nitrogens with one attached hydrogen (secondary N) is 1. The third-order valence-corrected chi connectivity index (χ3v) is 4.88. The average Bonchev–Trinajstić information content (AvgIpc) is 3.20. The first-order valence-electron chi connectivity index (χ1n) is 9.87. The fraction of sp³-hybridized carbons (Fsp3) is 0.632. The zero-order valence-corrected chi connectivity index (χ0v) is 17.8. The number of carbonyl (C=O) groups excluding carboxylic acids is 2. The highest BCUT2D eigenvalue weighted by molar-refractivity contribution is 5.84. The molecule has 0 aromatic carbocycles. The molecule has 3 rings (SSSR count). The molecule has 11 heteroatoms. The van der Waals surface area contributed by atoms with Gasteiger partial charge in [-0.15, -0.1) is 0 Å². The zero-order chi connectivity index (χ0) is 22.0. The summed E-state index contributed by atoms with van der Waals surface area (Å²) >= 11 is 0. The number of nitrogens with zero attached hydrogens (tertiary/aromatic N) is 4. The Kier molecular flexibility index (Phi) is 6.40. The van der Waals surface area contributed by atoms with Gasteiger partial charge in [-0.05, 0) is 5.92 Å². The number of hydrogen-bond acceptors (Lipinski definition) is 10. The van der Waals surface area contributed by atoms with E-state index in [0.29, 0.717) is 23.4 Å². The number of fused-ring (bicyclic) bond motifs is 1. The third-order valence-electron chi connectivity index (χ3n) is 4.88. The molecule has 2 aromatic rings. The number of rotatable bonds is 7. The minimum absolute atomic E-state index is 0.0180. The molecule has 1 fully saturated rings. The second-order valence-electron chi connectivity index (χ2n) is 7.78. The maximum atomic E-state index is 12.0. The molecule has 3 N–H and O–H groups in total. The van der Waals surface area contributed by atoms with Crippen LogP contribution in [0.5, 0.6) is 0 Å². The lowest BCUT2D eigenvalue weighted by atomic mass is 10.0. The molecule has 0 unspecified atom stereocenters. The van der Waals surface area contributed by atoms with E-state index in [9.17, 15) is 9.59 Å². The highest BCUT2D eigenvalue weighted by atomic mass is 16.6. The van der Waals surface area contributed by atoms with E-state index in [1.807, 2.05) is 20.8 Å². The van der Waals surface area contributed by atoms with Crippen LogP contribution in [0.4, 0.5) is 11.8 Å². The molecule has 0 bridgehead atoms. The third kappa shape index (κ3) is 4.45. The van der Waals surface area contributed by atoms with E-state index in [1.54, 1.807) is 17.9 Å². The van der Waals surface area contributed by atoms with E-state index in [4.69, 9.17) is 19.9 Å². The quantitative estimate of drug-likeness (QED) is 0.632. The summed E-state index contributed by atoms with van der Waals surface area (Å²) in [6.07, 6.45) is 0.120. The maximum Gasteiger partial charge on any atom is 0.306 e. The van der Waals surface area contributed by atoms with E-state index >= 15 is 0 Å². The molecule has 3 heterocycles. The van der Waals surface area contributed by atoms with Gasteiger partial charge < -0.3 is 25.3 Å². The molecule has 0 amide bonds. The van der Waals surface area contributed by atoms with Crippen molar-refractivity contribution in [2.24, 2.45) is 11.8 Å². The molecular weight excluding hydrogens is 392 g/mol. The molecular formula is C19H28N6O5. The molecule has 0 aliphatic carbocycles. The first-order chi connectivity index (χ1) is 14.2. The highest BCUT2D eigenvalue weighted by Crippen LogP contribution is 2.38. The van der Waals surface area contributed by atoms with Crippen molar-refractivity contribution in [2.75, 3.05) is 24.7 Å². The highest BCUT2D eigenvalue weighted by Gasteiger charge is 2.46. The Labute approximate surface area is 174 Å². The van der Waals surface area contributed by atoms with Crippen molar-refractivity contribution in [3.63, 3.8) is 0 Å². The minimum Gasteiger partial charge on any atom is -0.463 e. The van der Waals surface area contributed by atoms with Crippen molar-refractivity contribution in [3.05, 3.63) is 6.33 Å². The number of hydrogen-bond donors (Lipinski definition) is 2. The van der Waals surface area contributed by atoms with Gasteiger partial charge in [-0.3, -0.25) is 14.2 Å². The second kappa shape index (κ2) is 8.82. The monoisotopic (exact) mass is 420 g/mol. The fourth-order valence-corrected chi connectivity index (χ4v) is 3.57. The van der Waals surface area contributed by atoms with Gasteiger partial charge in [0.15, 0.2) is 17.0 Å². The molecule has 2 aromatic heterocycles. The van der Waals surface area contributed by atoms with Gasteiger partial charge in [0.05, 0.1) is 6.33 Å². The Morgan fingerprint density at radius 3 is 2.73 bits per heavy atom. The number of imidazole rings is 1. The molecule has 0 spiro atoms. The lowest BCUT2D eigenvalue weighted by Gasteiger charge is -2.21. The fourth-order valence-electron chi connectivity index (χ4n) is 3.57. The largest absolute Gasteiger partial charge is 0.463 e. The van der Waals surface area contributed by atoms with Crippen molar-refractivity contribution in [2.45, 2.75) is 52.6 Å². The number of ether oxygens (including phenoxy) is 3. The smallest absolute Gasteiger partial charge is 0.306 e. The SMILES string of the molecule is CNc1nc(N)nc2c1ncn2[C@@H]1O[C@H](COC(=O)CC(C)C)[C@@H](OC(C)=O)[C@@H]1C. The van der Waals surface area contributed by atoms with E-state index in [-0.39, 0.29) is 30.4 Å². The molecule has 30 heavy (non-hydrogen) atoms. The number of nitrogen functional groups attached to an aromatic ring is 1. The average molecular weight is 420 g/mol. The molecule has 1 saturated heterocycles. The molecule has 164 valence electrons. The molecule has 0 saturated carbocycles. The first kappa shape index (κ1) is 21.8. The molecule has 1 aliphatic rings. The van der Waals surface area contributed by atoms with Crippen LogP contribution >= 0.6 is 0 Å². The van der Waals surface area contributed by atoms with Crippen LogP contribution in [0.3, 0.4) is 0 Å². The van der Waals surface area contributed by atoms with Gasteiger partial charge in [-0.2, -0.15) is 9.97 Å². The summed E-state index contributed by atoms with van der Waals surface area (Å²) in [5.74, 6) is -0.240. The van der Waals surface area contributed by atoms with Gasteiger partial charge in [0.2, 0.25) is 5.95 Å². The normalized spacial score (nSPS) is 23.7. The van der Waals surface area contributed by atoms with E-state index < -0.39 is 24.4 Å². The number of nitrogens with two attached hydrogens (primary N) is 1. The Bertz CT molecular complexity index is 930. The van der Waals surface area contributed by atoms with Gasteiger partial charge in [0.1, 0.15) is 25.0 Å². The summed E-state index contributed by atoms with van der Waals surface area (Å²) in [6, 6.07) is 0. The Hall–Kier alpha value is -2.95. The summed E-state index contributed by atoms with van der Waals surface area (Å²) in [7, 11) is 1.72. The van der Waals surface area contributed by atoms with Crippen molar-refractivity contribution in [3.8, 4) is 0 Å². The minimum atomic E-state index is -0.620. The van der Waals surface area contributed by atoms with Crippen molar-refractivity contribution >= 4 is 34.9 Å². The van der Waals surface area contributed by atoms with E-state index in [2.05, 4.69) is 20.3 Å².